The summed E-state index contributed by atoms with van der Waals surface area (Å²) in [5.74, 6) is -0.256. The third kappa shape index (κ3) is 4.17. The number of carbonyl (C=O) groups is 3. The minimum Gasteiger partial charge on any atom is -0.357 e. The van der Waals surface area contributed by atoms with E-state index in [-0.39, 0.29) is 23.5 Å². The number of carbonyl (C=O) groups excluding carboxylic acids is 3. The third-order valence-corrected chi connectivity index (χ3v) is 3.28. The monoisotopic (exact) mass is 240 g/mol. The molecule has 1 rings (SSSR count). The van der Waals surface area contributed by atoms with Crippen molar-refractivity contribution in [3.05, 3.63) is 0 Å². The van der Waals surface area contributed by atoms with Gasteiger partial charge in [0.25, 0.3) is 0 Å². The van der Waals surface area contributed by atoms with Crippen molar-refractivity contribution >= 4 is 18.1 Å². The Balaban J connectivity index is 2.42. The molecule has 2 amide bonds. The summed E-state index contributed by atoms with van der Waals surface area (Å²) in [6, 6.07) is 0. The first-order chi connectivity index (χ1) is 8.16. The molecule has 1 aliphatic carbocycles. The van der Waals surface area contributed by atoms with E-state index in [9.17, 15) is 14.4 Å². The fraction of sp³-hybridized carbons (Fsp3) is 0.750. The number of Topliss-reactive ketones (excluding diaryl/α,β-unsaturated/α-hetero) is 1. The predicted octanol–water partition coefficient (Wildman–Crippen LogP) is 0.244. The molecule has 0 aliphatic heterocycles. The lowest BCUT2D eigenvalue weighted by molar-refractivity contribution is -0.134. The van der Waals surface area contributed by atoms with Crippen molar-refractivity contribution in [3.8, 4) is 0 Å². The standard InChI is InChI=1S/C12H20N2O3/c1-9(16)10-4-2-3-5-11(10)12(17)14-7-6-13-8-15/h8,10-11H,2-7H2,1H3,(H,13,15)(H,14,17)/t10-,11-/m0/s1. The van der Waals surface area contributed by atoms with Crippen LogP contribution >= 0.6 is 0 Å². The molecule has 0 spiro atoms. The lowest BCUT2D eigenvalue weighted by atomic mass is 9.77. The van der Waals surface area contributed by atoms with E-state index in [1.807, 2.05) is 0 Å². The molecule has 0 heterocycles. The van der Waals surface area contributed by atoms with Crippen molar-refractivity contribution in [2.24, 2.45) is 11.8 Å². The van der Waals surface area contributed by atoms with Gasteiger partial charge in [-0.05, 0) is 19.8 Å². The zero-order valence-corrected chi connectivity index (χ0v) is 10.2. The molecule has 5 heteroatoms. The van der Waals surface area contributed by atoms with Gasteiger partial charge in [-0.2, -0.15) is 0 Å². The molecular formula is C12H20N2O3. The molecule has 2 atom stereocenters. The van der Waals surface area contributed by atoms with Gasteiger partial charge in [-0.1, -0.05) is 12.8 Å². The SMILES string of the molecule is CC(=O)[C@@H]1CCCC[C@@H]1C(=O)NCCNC=O. The quantitative estimate of drug-likeness (QED) is 0.516. The Morgan fingerprint density at radius 2 is 1.82 bits per heavy atom. The number of hydrogen-bond donors (Lipinski definition) is 2. The number of nitrogens with one attached hydrogen (secondary N) is 2. The minimum atomic E-state index is -0.183. The first kappa shape index (κ1) is 13.7. The molecule has 1 saturated carbocycles. The van der Waals surface area contributed by atoms with E-state index in [0.29, 0.717) is 19.5 Å². The molecule has 0 aromatic rings. The van der Waals surface area contributed by atoms with E-state index in [4.69, 9.17) is 0 Å². The van der Waals surface area contributed by atoms with Crippen LogP contribution in [0.1, 0.15) is 32.6 Å². The second-order valence-electron chi connectivity index (χ2n) is 4.47. The van der Waals surface area contributed by atoms with E-state index in [1.165, 1.54) is 0 Å². The van der Waals surface area contributed by atoms with Gasteiger partial charge in [-0.3, -0.25) is 14.4 Å². The fourth-order valence-corrected chi connectivity index (χ4v) is 2.38. The van der Waals surface area contributed by atoms with Crippen molar-refractivity contribution in [2.45, 2.75) is 32.6 Å². The van der Waals surface area contributed by atoms with Crippen LogP contribution in [0.2, 0.25) is 0 Å². The lowest BCUT2D eigenvalue weighted by Gasteiger charge is -2.28. The van der Waals surface area contributed by atoms with Crippen molar-refractivity contribution < 1.29 is 14.4 Å². The smallest absolute Gasteiger partial charge is 0.223 e. The van der Waals surface area contributed by atoms with Crippen LogP contribution in [0, 0.1) is 11.8 Å². The molecule has 0 radical (unpaired) electrons. The molecule has 17 heavy (non-hydrogen) atoms. The largest absolute Gasteiger partial charge is 0.357 e. The molecule has 5 nitrogen and oxygen atoms in total. The van der Waals surface area contributed by atoms with E-state index in [1.54, 1.807) is 6.92 Å². The molecule has 1 fully saturated rings. The molecule has 0 bridgehead atoms. The molecule has 0 unspecified atom stereocenters. The summed E-state index contributed by atoms with van der Waals surface area (Å²) in [6.45, 7) is 2.40. The fourth-order valence-electron chi connectivity index (χ4n) is 2.38. The maximum absolute atomic E-state index is 11.9. The van der Waals surface area contributed by atoms with E-state index in [0.717, 1.165) is 25.7 Å². The van der Waals surface area contributed by atoms with Gasteiger partial charge in [0.2, 0.25) is 12.3 Å². The Kier molecular flexibility index (Phi) is 5.66. The van der Waals surface area contributed by atoms with Gasteiger partial charge in [0.15, 0.2) is 0 Å². The molecule has 96 valence electrons. The zero-order valence-electron chi connectivity index (χ0n) is 10.2. The van der Waals surface area contributed by atoms with Crippen LogP contribution in [-0.2, 0) is 14.4 Å². The lowest BCUT2D eigenvalue weighted by Crippen LogP contribution is -2.41. The highest BCUT2D eigenvalue weighted by Gasteiger charge is 2.33. The molecule has 0 aromatic carbocycles. The normalized spacial score (nSPS) is 23.8. The average Bonchev–Trinajstić information content (AvgIpc) is 2.34. The van der Waals surface area contributed by atoms with Gasteiger partial charge in [0.05, 0.1) is 0 Å². The maximum Gasteiger partial charge on any atom is 0.223 e. The van der Waals surface area contributed by atoms with Crippen LogP contribution in [-0.4, -0.2) is 31.2 Å². The molecule has 1 aliphatic rings. The summed E-state index contributed by atoms with van der Waals surface area (Å²) in [5.41, 5.74) is 0. The third-order valence-electron chi connectivity index (χ3n) is 3.28. The second-order valence-corrected chi connectivity index (χ2v) is 4.47. The van der Waals surface area contributed by atoms with E-state index >= 15 is 0 Å². The van der Waals surface area contributed by atoms with Crippen molar-refractivity contribution in [2.75, 3.05) is 13.1 Å². The summed E-state index contributed by atoms with van der Waals surface area (Å²) in [4.78, 5) is 33.4. The summed E-state index contributed by atoms with van der Waals surface area (Å²) in [6.07, 6.45) is 4.25. The van der Waals surface area contributed by atoms with Crippen molar-refractivity contribution in [3.63, 3.8) is 0 Å². The van der Waals surface area contributed by atoms with Gasteiger partial charge in [-0.15, -0.1) is 0 Å². The van der Waals surface area contributed by atoms with E-state index < -0.39 is 0 Å². The highest BCUT2D eigenvalue weighted by molar-refractivity contribution is 5.87. The first-order valence-electron chi connectivity index (χ1n) is 6.12. The van der Waals surface area contributed by atoms with Crippen LogP contribution in [0.5, 0.6) is 0 Å². The summed E-state index contributed by atoms with van der Waals surface area (Å²) in [7, 11) is 0. The van der Waals surface area contributed by atoms with Gasteiger partial charge >= 0.3 is 0 Å². The van der Waals surface area contributed by atoms with Crippen molar-refractivity contribution in [1.82, 2.24) is 10.6 Å². The summed E-state index contributed by atoms with van der Waals surface area (Å²) < 4.78 is 0. The topological polar surface area (TPSA) is 75.3 Å². The Labute approximate surface area is 101 Å². The molecule has 0 saturated heterocycles. The van der Waals surface area contributed by atoms with Crippen molar-refractivity contribution in [1.29, 1.82) is 0 Å². The second kappa shape index (κ2) is 7.04. The van der Waals surface area contributed by atoms with Gasteiger partial charge in [-0.25, -0.2) is 0 Å². The number of ketones is 1. The Morgan fingerprint density at radius 1 is 1.18 bits per heavy atom. The van der Waals surface area contributed by atoms with Crippen LogP contribution in [0.15, 0.2) is 0 Å². The minimum absolute atomic E-state index is 0.0578. The first-order valence-corrected chi connectivity index (χ1v) is 6.12. The van der Waals surface area contributed by atoms with Gasteiger partial charge in [0, 0.05) is 24.9 Å². The van der Waals surface area contributed by atoms with Crippen LogP contribution in [0.25, 0.3) is 0 Å². The maximum atomic E-state index is 11.9. The number of amides is 2. The Hall–Kier alpha value is -1.39. The summed E-state index contributed by atoms with van der Waals surface area (Å²) in [5, 5.41) is 5.24. The summed E-state index contributed by atoms with van der Waals surface area (Å²) >= 11 is 0. The average molecular weight is 240 g/mol. The van der Waals surface area contributed by atoms with Crippen LogP contribution < -0.4 is 10.6 Å². The van der Waals surface area contributed by atoms with E-state index in [2.05, 4.69) is 10.6 Å². The number of rotatable bonds is 6. The number of hydrogen-bond acceptors (Lipinski definition) is 3. The highest BCUT2D eigenvalue weighted by Crippen LogP contribution is 2.30. The Morgan fingerprint density at radius 3 is 2.41 bits per heavy atom. The highest BCUT2D eigenvalue weighted by atomic mass is 16.2. The molecule has 0 aromatic heterocycles. The van der Waals surface area contributed by atoms with Crippen LogP contribution in [0.4, 0.5) is 0 Å². The van der Waals surface area contributed by atoms with Gasteiger partial charge in [0.1, 0.15) is 5.78 Å². The molecular weight excluding hydrogens is 220 g/mol. The van der Waals surface area contributed by atoms with Gasteiger partial charge < -0.3 is 10.6 Å². The molecule has 2 N–H and O–H groups in total. The Bertz CT molecular complexity index is 291. The zero-order chi connectivity index (χ0) is 12.7. The predicted molar refractivity (Wildman–Crippen MR) is 63.2 cm³/mol. The van der Waals surface area contributed by atoms with Crippen LogP contribution in [0.3, 0.4) is 0 Å².